The minimum atomic E-state index is 0.590. The van der Waals surface area contributed by atoms with Crippen LogP contribution in [0.2, 0.25) is 0 Å². The minimum Gasteiger partial charge on any atom is -0.309 e. The van der Waals surface area contributed by atoms with Gasteiger partial charge in [-0.25, -0.2) is 0 Å². The molecule has 8 aromatic carbocycles. The molecule has 8 aromatic rings. The van der Waals surface area contributed by atoms with Crippen LogP contribution >= 0.6 is 0 Å². The van der Waals surface area contributed by atoms with E-state index in [1.165, 1.54) is 99.9 Å². The van der Waals surface area contributed by atoms with Crippen molar-refractivity contribution < 1.29 is 0 Å². The summed E-state index contributed by atoms with van der Waals surface area (Å²) in [4.78, 5) is 5.10. The van der Waals surface area contributed by atoms with Crippen LogP contribution in [0.15, 0.2) is 146 Å². The molecule has 1 aliphatic rings. The molecule has 1 aliphatic carbocycles. The monoisotopic (exact) mass is 754 g/mol. The lowest BCUT2D eigenvalue weighted by atomic mass is 9.90. The second kappa shape index (κ2) is 15.0. The molecular formula is C56H54N2. The van der Waals surface area contributed by atoms with E-state index >= 15 is 0 Å². The van der Waals surface area contributed by atoms with Crippen molar-refractivity contribution in [3.8, 4) is 22.3 Å². The van der Waals surface area contributed by atoms with Crippen molar-refractivity contribution in [1.82, 2.24) is 0 Å². The van der Waals surface area contributed by atoms with E-state index < -0.39 is 0 Å². The van der Waals surface area contributed by atoms with Crippen LogP contribution in [0.3, 0.4) is 0 Å². The van der Waals surface area contributed by atoms with Crippen molar-refractivity contribution in [3.05, 3.63) is 179 Å². The molecule has 0 aliphatic heterocycles. The highest BCUT2D eigenvalue weighted by atomic mass is 15.2. The molecule has 0 saturated carbocycles. The van der Waals surface area contributed by atoms with Gasteiger partial charge in [0.25, 0.3) is 0 Å². The van der Waals surface area contributed by atoms with Gasteiger partial charge in [0.2, 0.25) is 0 Å². The van der Waals surface area contributed by atoms with E-state index in [0.717, 1.165) is 24.2 Å². The van der Waals surface area contributed by atoms with Crippen molar-refractivity contribution in [2.24, 2.45) is 11.8 Å². The molecule has 0 amide bonds. The van der Waals surface area contributed by atoms with Crippen LogP contribution in [0.4, 0.5) is 34.1 Å². The van der Waals surface area contributed by atoms with Crippen molar-refractivity contribution in [1.29, 1.82) is 0 Å². The quantitative estimate of drug-likeness (QED) is 0.128. The summed E-state index contributed by atoms with van der Waals surface area (Å²) in [6.07, 6.45) is 2.11. The van der Waals surface area contributed by atoms with Crippen LogP contribution < -0.4 is 9.80 Å². The summed E-state index contributed by atoms with van der Waals surface area (Å²) in [7, 11) is 0. The van der Waals surface area contributed by atoms with E-state index in [2.05, 4.69) is 211 Å². The predicted molar refractivity (Wildman–Crippen MR) is 251 cm³/mol. The number of benzene rings is 8. The molecule has 0 bridgehead atoms. The van der Waals surface area contributed by atoms with Crippen LogP contribution in [0.25, 0.3) is 43.8 Å². The number of nitrogens with zero attached hydrogens (tertiary/aromatic N) is 2. The molecule has 0 saturated heterocycles. The van der Waals surface area contributed by atoms with Crippen LogP contribution in [-0.4, -0.2) is 0 Å². The van der Waals surface area contributed by atoms with Gasteiger partial charge in [0, 0.05) is 44.6 Å². The molecule has 0 heterocycles. The number of aryl methyl sites for hydroxylation is 4. The topological polar surface area (TPSA) is 6.48 Å². The van der Waals surface area contributed by atoms with Crippen molar-refractivity contribution in [2.75, 3.05) is 9.80 Å². The summed E-state index contributed by atoms with van der Waals surface area (Å²) in [6.45, 7) is 18.1. The number of anilines is 6. The molecule has 0 fully saturated rings. The van der Waals surface area contributed by atoms with Gasteiger partial charge in [0.05, 0.1) is 11.4 Å². The van der Waals surface area contributed by atoms with Crippen LogP contribution in [-0.2, 0) is 12.8 Å². The van der Waals surface area contributed by atoms with Gasteiger partial charge < -0.3 is 9.80 Å². The Kier molecular flexibility index (Phi) is 9.68. The Labute approximate surface area is 345 Å². The minimum absolute atomic E-state index is 0.590. The molecule has 288 valence electrons. The van der Waals surface area contributed by atoms with E-state index in [9.17, 15) is 0 Å². The maximum Gasteiger partial charge on any atom is 0.0626 e. The summed E-state index contributed by atoms with van der Waals surface area (Å²) in [5.74, 6) is 1.18. The first-order valence-corrected chi connectivity index (χ1v) is 21.1. The van der Waals surface area contributed by atoms with Gasteiger partial charge in [-0.3, -0.25) is 0 Å². The van der Waals surface area contributed by atoms with Gasteiger partial charge in [0.15, 0.2) is 0 Å². The Morgan fingerprint density at radius 2 is 0.776 bits per heavy atom. The van der Waals surface area contributed by atoms with E-state index in [-0.39, 0.29) is 0 Å². The molecule has 58 heavy (non-hydrogen) atoms. The van der Waals surface area contributed by atoms with Gasteiger partial charge in [-0.15, -0.1) is 0 Å². The van der Waals surface area contributed by atoms with Crippen LogP contribution in [0, 0.1) is 39.5 Å². The van der Waals surface area contributed by atoms with E-state index in [0.29, 0.717) is 11.8 Å². The Bertz CT molecular complexity index is 2590. The van der Waals surface area contributed by atoms with Gasteiger partial charge in [-0.1, -0.05) is 125 Å². The van der Waals surface area contributed by atoms with Gasteiger partial charge in [-0.2, -0.15) is 0 Å². The van der Waals surface area contributed by atoms with Gasteiger partial charge in [0.1, 0.15) is 0 Å². The van der Waals surface area contributed by atoms with E-state index in [1.54, 1.807) is 0 Å². The van der Waals surface area contributed by atoms with Gasteiger partial charge in [-0.05, 0) is 156 Å². The fourth-order valence-corrected chi connectivity index (χ4v) is 9.63. The zero-order valence-electron chi connectivity index (χ0n) is 35.3. The lowest BCUT2D eigenvalue weighted by Gasteiger charge is -2.34. The maximum atomic E-state index is 2.55. The third-order valence-electron chi connectivity index (χ3n) is 11.7. The number of hydrogen-bond donors (Lipinski definition) is 0. The zero-order valence-corrected chi connectivity index (χ0v) is 35.3. The molecule has 0 aromatic heterocycles. The molecule has 0 spiro atoms. The normalized spacial score (nSPS) is 11.9. The summed E-state index contributed by atoms with van der Waals surface area (Å²) in [5, 5.41) is 5.02. The fourth-order valence-electron chi connectivity index (χ4n) is 9.63. The largest absolute Gasteiger partial charge is 0.309 e. The molecule has 9 rings (SSSR count). The molecular weight excluding hydrogens is 701 g/mol. The standard InChI is InChI=1S/C56H54N2/c1-35(2)27-41-19-23-44(24-20-41)57(46-31-37(5)29-38(6)32-46)55-48-15-9-10-16-49(48)56(54-51-18-12-14-43-13-11-17-50(52(43)51)53(54)55)58(47-33-39(7)30-40(8)34-47)45-25-21-42(22-26-45)28-36(3)4/h9-26,29-36H,27-28H2,1-8H3. The van der Waals surface area contributed by atoms with Crippen LogP contribution in [0.5, 0.6) is 0 Å². The second-order valence-electron chi connectivity index (χ2n) is 17.6. The Balaban J connectivity index is 1.43. The molecule has 0 unspecified atom stereocenters. The average molecular weight is 755 g/mol. The first-order valence-electron chi connectivity index (χ1n) is 21.1. The van der Waals surface area contributed by atoms with Gasteiger partial charge >= 0.3 is 0 Å². The summed E-state index contributed by atoms with van der Waals surface area (Å²) < 4.78 is 0. The van der Waals surface area contributed by atoms with Crippen molar-refractivity contribution >= 4 is 55.7 Å². The molecule has 0 radical (unpaired) electrons. The van der Waals surface area contributed by atoms with Crippen LogP contribution in [0.1, 0.15) is 61.1 Å². The number of hydrogen-bond acceptors (Lipinski definition) is 2. The number of fused-ring (bicyclic) bond motifs is 4. The third-order valence-corrected chi connectivity index (χ3v) is 11.7. The first-order chi connectivity index (χ1) is 28.0. The van der Waals surface area contributed by atoms with E-state index in [1.807, 2.05) is 0 Å². The molecule has 2 heteroatoms. The Morgan fingerprint density at radius 1 is 0.397 bits per heavy atom. The smallest absolute Gasteiger partial charge is 0.0626 e. The Hall–Kier alpha value is -6.12. The SMILES string of the molecule is Cc1cc(C)cc(N(c2ccc(CC(C)C)cc2)c2c3c(c(N(c4ccc(CC(C)C)cc4)c4cc(C)cc(C)c4)c4ccccc24)-c2cccc4cccc-3c24)c1. The lowest BCUT2D eigenvalue weighted by Crippen LogP contribution is -2.16. The highest BCUT2D eigenvalue weighted by Gasteiger charge is 2.35. The highest BCUT2D eigenvalue weighted by molar-refractivity contribution is 6.28. The molecule has 0 N–H and O–H groups in total. The zero-order chi connectivity index (χ0) is 40.2. The average Bonchev–Trinajstić information content (AvgIpc) is 3.51. The van der Waals surface area contributed by atoms with Crippen molar-refractivity contribution in [3.63, 3.8) is 0 Å². The fraction of sp³-hybridized carbons (Fsp3) is 0.214. The summed E-state index contributed by atoms with van der Waals surface area (Å²) >= 11 is 0. The molecule has 0 atom stereocenters. The van der Waals surface area contributed by atoms with E-state index in [4.69, 9.17) is 0 Å². The maximum absolute atomic E-state index is 2.55. The first kappa shape index (κ1) is 37.5. The third kappa shape index (κ3) is 6.75. The Morgan fingerprint density at radius 3 is 1.14 bits per heavy atom. The number of rotatable bonds is 10. The predicted octanol–water partition coefficient (Wildman–Crippen LogP) is 16.2. The molecule has 2 nitrogen and oxygen atoms in total. The lowest BCUT2D eigenvalue weighted by molar-refractivity contribution is 0.647. The summed E-state index contributed by atoms with van der Waals surface area (Å²) in [6, 6.07) is 55.6. The second-order valence-corrected chi connectivity index (χ2v) is 17.6. The van der Waals surface area contributed by atoms with Crippen molar-refractivity contribution in [2.45, 2.75) is 68.2 Å². The highest BCUT2D eigenvalue weighted by Crippen LogP contribution is 2.61. The summed E-state index contributed by atoms with van der Waals surface area (Å²) in [5.41, 5.74) is 19.9.